The van der Waals surface area contributed by atoms with Crippen LogP contribution in [0.1, 0.15) is 19.4 Å². The fourth-order valence-corrected chi connectivity index (χ4v) is 4.47. The summed E-state index contributed by atoms with van der Waals surface area (Å²) in [6.45, 7) is 3.18. The molecule has 3 aromatic rings. The number of nitrogens with zero attached hydrogens (tertiary/aromatic N) is 4. The minimum Gasteiger partial charge on any atom is -0.425 e. The number of fused-ring (bicyclic) bond motifs is 1. The van der Waals surface area contributed by atoms with Crippen LogP contribution in [0.15, 0.2) is 35.6 Å². The van der Waals surface area contributed by atoms with Crippen LogP contribution in [0.3, 0.4) is 0 Å². The number of aromatic nitrogens is 4. The van der Waals surface area contributed by atoms with Crippen molar-refractivity contribution in [2.24, 2.45) is 0 Å². The van der Waals surface area contributed by atoms with Crippen molar-refractivity contribution < 1.29 is 36.8 Å². The van der Waals surface area contributed by atoms with Gasteiger partial charge in [0.2, 0.25) is 5.82 Å². The van der Waals surface area contributed by atoms with Crippen LogP contribution in [0.4, 0.5) is 19.0 Å². The number of hydrogen-bond acceptors (Lipinski definition) is 9. The Labute approximate surface area is 189 Å². The summed E-state index contributed by atoms with van der Waals surface area (Å²) in [6, 6.07) is 1.57. The standard InChI is InChI=1S/C18H20F3N6O6P/c1-3-32-34(31,33-4-2)9-15(28)24-25-16-17(29)27(30)14-7-11(18(19,20)21)13(8-12(14)23-16)26-6-5-22-10-26/h5-8,10,30H,3-4,9H2,1-2H3,(H,23,25)(H,24,28). The third-order valence-corrected chi connectivity index (χ3v) is 6.32. The Morgan fingerprint density at radius 2 is 1.91 bits per heavy atom. The van der Waals surface area contributed by atoms with Crippen LogP contribution in [0.25, 0.3) is 16.7 Å². The van der Waals surface area contributed by atoms with Gasteiger partial charge in [-0.25, -0.2) is 9.97 Å². The number of carbonyl (C=O) groups is 1. The number of halogens is 3. The third kappa shape index (κ3) is 5.38. The second-order valence-electron chi connectivity index (χ2n) is 6.68. The van der Waals surface area contributed by atoms with Crippen molar-refractivity contribution in [1.82, 2.24) is 24.7 Å². The number of alkyl halides is 3. The summed E-state index contributed by atoms with van der Waals surface area (Å²) >= 11 is 0. The number of anilines is 1. The zero-order valence-electron chi connectivity index (χ0n) is 17.9. The number of imidazole rings is 1. The van der Waals surface area contributed by atoms with Gasteiger partial charge >= 0.3 is 19.3 Å². The van der Waals surface area contributed by atoms with Gasteiger partial charge in [0.05, 0.1) is 36.3 Å². The Balaban J connectivity index is 1.96. The van der Waals surface area contributed by atoms with Crippen LogP contribution < -0.4 is 16.4 Å². The SMILES string of the molecule is CCOP(=O)(CC(=O)NNc1nc2cc(-n3ccnc3)c(C(F)(F)F)cc2n(O)c1=O)OCC. The van der Waals surface area contributed by atoms with Gasteiger partial charge in [0.25, 0.3) is 5.91 Å². The molecule has 0 bridgehead atoms. The smallest absolute Gasteiger partial charge is 0.418 e. The van der Waals surface area contributed by atoms with Crippen LogP contribution in [0.5, 0.6) is 0 Å². The lowest BCUT2D eigenvalue weighted by Crippen LogP contribution is -2.36. The number of amides is 1. The van der Waals surface area contributed by atoms with Gasteiger partial charge in [-0.05, 0) is 26.0 Å². The molecule has 2 aromatic heterocycles. The summed E-state index contributed by atoms with van der Waals surface area (Å²) in [5.41, 5.74) is 0.795. The molecule has 16 heteroatoms. The highest BCUT2D eigenvalue weighted by Gasteiger charge is 2.35. The molecule has 1 aromatic carbocycles. The molecule has 0 atom stereocenters. The van der Waals surface area contributed by atoms with E-state index in [0.717, 1.165) is 17.0 Å². The highest BCUT2D eigenvalue weighted by molar-refractivity contribution is 7.54. The second kappa shape index (κ2) is 9.83. The van der Waals surface area contributed by atoms with Crippen LogP contribution >= 0.6 is 7.60 Å². The molecule has 0 aliphatic heterocycles. The predicted octanol–water partition coefficient (Wildman–Crippen LogP) is 2.55. The molecule has 0 unspecified atom stereocenters. The lowest BCUT2D eigenvalue weighted by molar-refractivity contribution is -0.137. The summed E-state index contributed by atoms with van der Waals surface area (Å²) in [4.78, 5) is 32.2. The zero-order chi connectivity index (χ0) is 25.1. The normalized spacial score (nSPS) is 12.1. The van der Waals surface area contributed by atoms with E-state index in [2.05, 4.69) is 20.8 Å². The topological polar surface area (TPSA) is 150 Å². The van der Waals surface area contributed by atoms with Crippen LogP contribution in [0.2, 0.25) is 0 Å². The van der Waals surface area contributed by atoms with E-state index in [4.69, 9.17) is 9.05 Å². The molecule has 3 N–H and O–H groups in total. The Morgan fingerprint density at radius 3 is 2.47 bits per heavy atom. The molecule has 34 heavy (non-hydrogen) atoms. The van der Waals surface area contributed by atoms with Crippen molar-refractivity contribution in [1.29, 1.82) is 0 Å². The lowest BCUT2D eigenvalue weighted by Gasteiger charge is -2.17. The quantitative estimate of drug-likeness (QED) is 0.227. The number of benzene rings is 1. The number of nitrogens with one attached hydrogen (secondary N) is 2. The molecule has 184 valence electrons. The molecule has 1 amide bonds. The monoisotopic (exact) mass is 504 g/mol. The molecule has 0 aliphatic carbocycles. The maximum atomic E-state index is 13.6. The molecule has 3 rings (SSSR count). The molecule has 0 saturated heterocycles. The fourth-order valence-electron chi connectivity index (χ4n) is 2.99. The van der Waals surface area contributed by atoms with Gasteiger partial charge in [-0.2, -0.15) is 13.2 Å². The average molecular weight is 504 g/mol. The molecule has 0 aliphatic rings. The highest BCUT2D eigenvalue weighted by Crippen LogP contribution is 2.47. The lowest BCUT2D eigenvalue weighted by atomic mass is 10.1. The molecule has 12 nitrogen and oxygen atoms in total. The Kier molecular flexibility index (Phi) is 7.29. The van der Waals surface area contributed by atoms with Crippen molar-refractivity contribution in [2.45, 2.75) is 20.0 Å². The summed E-state index contributed by atoms with van der Waals surface area (Å²) in [5, 5.41) is 10.2. The molecule has 0 fully saturated rings. The Bertz CT molecular complexity index is 1280. The second-order valence-corrected chi connectivity index (χ2v) is 8.74. The third-order valence-electron chi connectivity index (χ3n) is 4.35. The summed E-state index contributed by atoms with van der Waals surface area (Å²) in [5.74, 6) is -1.50. The van der Waals surface area contributed by atoms with Gasteiger partial charge in [-0.1, -0.05) is 0 Å². The Hall–Kier alpha value is -3.42. The Morgan fingerprint density at radius 1 is 1.24 bits per heavy atom. The van der Waals surface area contributed by atoms with E-state index in [0.29, 0.717) is 6.07 Å². The van der Waals surface area contributed by atoms with Crippen molar-refractivity contribution in [2.75, 3.05) is 24.8 Å². The van der Waals surface area contributed by atoms with Crippen LogP contribution in [-0.2, 0) is 24.6 Å². The minimum absolute atomic E-state index is 0.0264. The number of carbonyl (C=O) groups excluding carboxylic acids is 1. The predicted molar refractivity (Wildman–Crippen MR) is 113 cm³/mol. The molecule has 0 saturated carbocycles. The van der Waals surface area contributed by atoms with E-state index in [1.807, 2.05) is 0 Å². The first kappa shape index (κ1) is 25.2. The van der Waals surface area contributed by atoms with Crippen molar-refractivity contribution >= 4 is 30.4 Å². The first-order valence-corrected chi connectivity index (χ1v) is 11.5. The number of hydrazine groups is 1. The van der Waals surface area contributed by atoms with Gasteiger partial charge in [0.1, 0.15) is 11.7 Å². The van der Waals surface area contributed by atoms with Crippen LogP contribution in [0, 0.1) is 0 Å². The van der Waals surface area contributed by atoms with Gasteiger partial charge < -0.3 is 18.8 Å². The van der Waals surface area contributed by atoms with Gasteiger partial charge in [-0.15, -0.1) is 4.73 Å². The van der Waals surface area contributed by atoms with E-state index in [1.54, 1.807) is 13.8 Å². The molecule has 0 spiro atoms. The molecular weight excluding hydrogens is 484 g/mol. The average Bonchev–Trinajstić information content (AvgIpc) is 3.29. The van der Waals surface area contributed by atoms with Crippen molar-refractivity contribution in [3.8, 4) is 5.69 Å². The zero-order valence-corrected chi connectivity index (χ0v) is 18.8. The highest BCUT2D eigenvalue weighted by atomic mass is 31.2. The van der Waals surface area contributed by atoms with E-state index in [1.165, 1.54) is 12.4 Å². The maximum Gasteiger partial charge on any atom is 0.418 e. The molecule has 0 radical (unpaired) electrons. The van der Waals surface area contributed by atoms with Gasteiger partial charge in [0.15, 0.2) is 0 Å². The molecular formula is C18H20F3N6O6P. The van der Waals surface area contributed by atoms with Gasteiger partial charge in [0, 0.05) is 12.4 Å². The van der Waals surface area contributed by atoms with E-state index >= 15 is 0 Å². The largest absolute Gasteiger partial charge is 0.425 e. The number of rotatable bonds is 9. The van der Waals surface area contributed by atoms with E-state index in [9.17, 15) is 32.5 Å². The summed E-state index contributed by atoms with van der Waals surface area (Å²) in [6.07, 6.45) is -1.80. The molecule has 2 heterocycles. The summed E-state index contributed by atoms with van der Waals surface area (Å²) in [7, 11) is -3.73. The summed E-state index contributed by atoms with van der Waals surface area (Å²) < 4.78 is 64.3. The fraction of sp³-hybridized carbons (Fsp3) is 0.333. The van der Waals surface area contributed by atoms with E-state index < -0.39 is 48.3 Å². The van der Waals surface area contributed by atoms with Gasteiger partial charge in [-0.3, -0.25) is 25.0 Å². The maximum absolute atomic E-state index is 13.6. The first-order chi connectivity index (χ1) is 16.0. The van der Waals surface area contributed by atoms with Crippen molar-refractivity contribution in [3.63, 3.8) is 0 Å². The van der Waals surface area contributed by atoms with Crippen LogP contribution in [-0.4, -0.2) is 49.8 Å². The van der Waals surface area contributed by atoms with Crippen molar-refractivity contribution in [3.05, 3.63) is 46.8 Å². The first-order valence-electron chi connectivity index (χ1n) is 9.77. The number of hydrogen-bond donors (Lipinski definition) is 3. The minimum atomic E-state index is -4.82. The van der Waals surface area contributed by atoms with E-state index in [-0.39, 0.29) is 29.1 Å².